The summed E-state index contributed by atoms with van der Waals surface area (Å²) in [5.74, 6) is 1.98. The second kappa shape index (κ2) is 10.1. The van der Waals surface area contributed by atoms with E-state index in [0.717, 1.165) is 11.5 Å². The highest BCUT2D eigenvalue weighted by Crippen LogP contribution is 2.52. The summed E-state index contributed by atoms with van der Waals surface area (Å²) in [7, 11) is 14.2. The zero-order chi connectivity index (χ0) is 20.2. The van der Waals surface area contributed by atoms with E-state index in [0.29, 0.717) is 13.2 Å². The summed E-state index contributed by atoms with van der Waals surface area (Å²) >= 11 is 0. The van der Waals surface area contributed by atoms with E-state index in [9.17, 15) is 0 Å². The molecule has 10 heteroatoms. The lowest BCUT2D eigenvalue weighted by Gasteiger charge is -2.13. The molecule has 0 unspecified atom stereocenters. The van der Waals surface area contributed by atoms with E-state index in [4.69, 9.17) is 9.47 Å². The van der Waals surface area contributed by atoms with Gasteiger partial charge < -0.3 is 9.47 Å². The van der Waals surface area contributed by atoms with Crippen LogP contribution in [0.1, 0.15) is 11.1 Å². The van der Waals surface area contributed by atoms with Crippen molar-refractivity contribution in [3.05, 3.63) is 71.8 Å². The fraction of sp³-hybridized carbons (Fsp3) is 0.100. The molecular formula is C20H14O2S8. The fourth-order valence-corrected chi connectivity index (χ4v) is 16.6. The molecule has 0 bridgehead atoms. The zero-order valence-corrected chi connectivity index (χ0v) is 21.8. The predicted molar refractivity (Wildman–Crippen MR) is 141 cm³/mol. The molecule has 2 aromatic heterocycles. The molecule has 0 saturated heterocycles. The van der Waals surface area contributed by atoms with E-state index in [-0.39, 0.29) is 0 Å². The van der Waals surface area contributed by atoms with Crippen molar-refractivity contribution < 1.29 is 9.47 Å². The SMILES string of the molecule is c1ccc(COc2c3sssssc3c(OCc3ccccc3)c3sssc23)cc1. The summed E-state index contributed by atoms with van der Waals surface area (Å²) in [6.45, 7) is 1.13. The maximum Gasteiger partial charge on any atom is 0.159 e. The second-order valence-electron chi connectivity index (χ2n) is 6.13. The van der Waals surface area contributed by atoms with Crippen LogP contribution in [0.15, 0.2) is 60.7 Å². The Kier molecular flexibility index (Phi) is 7.03. The van der Waals surface area contributed by atoms with Crippen LogP contribution >= 0.6 is 78.7 Å². The van der Waals surface area contributed by atoms with Crippen LogP contribution in [0.5, 0.6) is 11.5 Å². The van der Waals surface area contributed by atoms with Crippen LogP contribution in [0.25, 0.3) is 18.8 Å². The fourth-order valence-electron chi connectivity index (χ4n) is 2.84. The van der Waals surface area contributed by atoms with Gasteiger partial charge in [-0.3, -0.25) is 0 Å². The van der Waals surface area contributed by atoms with Gasteiger partial charge in [0.25, 0.3) is 0 Å². The molecule has 2 nitrogen and oxygen atoms in total. The lowest BCUT2D eigenvalue weighted by molar-refractivity contribution is 0.309. The molecule has 5 aromatic rings. The highest BCUT2D eigenvalue weighted by Gasteiger charge is 2.20. The summed E-state index contributed by atoms with van der Waals surface area (Å²) < 4.78 is 17.6. The van der Waals surface area contributed by atoms with Gasteiger partial charge in [-0.25, -0.2) is 0 Å². The lowest BCUT2D eigenvalue weighted by atomic mass is 10.2. The minimum absolute atomic E-state index is 0.565. The third-order valence-corrected chi connectivity index (χ3v) is 16.7. The monoisotopic (exact) mass is 542 g/mol. The van der Waals surface area contributed by atoms with Gasteiger partial charge in [-0.05, 0) is 48.5 Å². The Morgan fingerprint density at radius 1 is 0.467 bits per heavy atom. The highest BCUT2D eigenvalue weighted by molar-refractivity contribution is 8.15. The molecule has 0 fully saturated rings. The first-order chi connectivity index (χ1) is 14.9. The number of ether oxygens (including phenoxy) is 2. The Morgan fingerprint density at radius 2 is 0.867 bits per heavy atom. The number of hydrogen-bond donors (Lipinski definition) is 0. The van der Waals surface area contributed by atoms with Gasteiger partial charge in [0.15, 0.2) is 11.5 Å². The van der Waals surface area contributed by atoms with E-state index in [2.05, 4.69) is 48.5 Å². The quantitative estimate of drug-likeness (QED) is 0.199. The lowest BCUT2D eigenvalue weighted by Crippen LogP contribution is -1.98. The maximum absolute atomic E-state index is 6.44. The van der Waals surface area contributed by atoms with Gasteiger partial charge in [0, 0.05) is 0 Å². The van der Waals surface area contributed by atoms with Gasteiger partial charge in [0.1, 0.15) is 32.0 Å². The molecule has 0 N–H and O–H groups in total. The molecule has 0 spiro atoms. The van der Waals surface area contributed by atoms with Crippen LogP contribution in [0.4, 0.5) is 0 Å². The van der Waals surface area contributed by atoms with Crippen LogP contribution in [0, 0.1) is 0 Å². The minimum Gasteiger partial charge on any atom is -0.486 e. The molecule has 3 aromatic carbocycles. The Hall–Kier alpha value is -0.980. The van der Waals surface area contributed by atoms with E-state index < -0.39 is 0 Å². The number of rotatable bonds is 6. The number of fused-ring (bicyclic) bond motifs is 2. The molecule has 0 saturated carbocycles. The van der Waals surface area contributed by atoms with E-state index in [1.807, 2.05) is 12.1 Å². The summed E-state index contributed by atoms with van der Waals surface area (Å²) in [4.78, 5) is 0. The first-order valence-corrected chi connectivity index (χ1v) is 18.5. The number of benzene rings is 3. The predicted octanol–water partition coefficient (Wildman–Crippen LogP) is 9.89. The van der Waals surface area contributed by atoms with Crippen molar-refractivity contribution >= 4 is 97.5 Å². The number of hydrogen-bond acceptors (Lipinski definition) is 10. The van der Waals surface area contributed by atoms with Crippen LogP contribution in [-0.4, -0.2) is 0 Å². The average Bonchev–Trinajstić information content (AvgIpc) is 3.15. The maximum atomic E-state index is 6.44. The molecule has 0 aliphatic heterocycles. The normalized spacial score (nSPS) is 10.9. The molecule has 0 aliphatic rings. The van der Waals surface area contributed by atoms with Crippen LogP contribution < -0.4 is 9.47 Å². The Bertz CT molecular complexity index is 1200. The Labute approximate surface area is 201 Å². The van der Waals surface area contributed by atoms with E-state index in [1.54, 1.807) is 78.7 Å². The molecule has 30 heavy (non-hydrogen) atoms. The minimum atomic E-state index is 0.565. The molecule has 0 amide bonds. The molecule has 154 valence electrons. The summed E-state index contributed by atoms with van der Waals surface area (Å²) in [6, 6.07) is 20.7. The largest absolute Gasteiger partial charge is 0.486 e. The van der Waals surface area contributed by atoms with Crippen LogP contribution in [0.2, 0.25) is 0 Å². The van der Waals surface area contributed by atoms with Gasteiger partial charge in [-0.1, -0.05) is 102 Å². The van der Waals surface area contributed by atoms with Gasteiger partial charge in [0.05, 0.1) is 0 Å². The van der Waals surface area contributed by atoms with Gasteiger partial charge >= 0.3 is 0 Å². The van der Waals surface area contributed by atoms with Crippen molar-refractivity contribution in [2.24, 2.45) is 0 Å². The van der Waals surface area contributed by atoms with Gasteiger partial charge in [-0.2, -0.15) is 0 Å². The van der Waals surface area contributed by atoms with Crippen molar-refractivity contribution in [3.8, 4) is 11.5 Å². The van der Waals surface area contributed by atoms with Crippen LogP contribution in [0.3, 0.4) is 0 Å². The summed E-state index contributed by atoms with van der Waals surface area (Å²) in [5, 5.41) is 0. The standard InChI is InChI=1S/C20H14O2S8/c1-3-7-13(8-4-1)11-21-15-17-18(24-27-23-17)16(20-19(15)25-28-30-29-26-20)22-12-14-9-5-2-6-10-14/h1-10H,11-12H2. The first-order valence-electron chi connectivity index (χ1n) is 8.83. The Balaban J connectivity index is 1.61. The summed E-state index contributed by atoms with van der Waals surface area (Å²) in [5.41, 5.74) is 2.35. The van der Waals surface area contributed by atoms with E-state index >= 15 is 0 Å². The molecule has 0 aliphatic carbocycles. The van der Waals surface area contributed by atoms with E-state index in [1.165, 1.54) is 29.9 Å². The molecule has 0 atom stereocenters. The molecule has 5 rings (SSSR count). The smallest absolute Gasteiger partial charge is 0.159 e. The van der Waals surface area contributed by atoms with Crippen molar-refractivity contribution in [3.63, 3.8) is 0 Å². The van der Waals surface area contributed by atoms with Crippen molar-refractivity contribution in [2.45, 2.75) is 13.2 Å². The van der Waals surface area contributed by atoms with Gasteiger partial charge in [-0.15, -0.1) is 0 Å². The highest BCUT2D eigenvalue weighted by atomic mass is 33.5. The van der Waals surface area contributed by atoms with Gasteiger partial charge in [0.2, 0.25) is 0 Å². The van der Waals surface area contributed by atoms with Crippen molar-refractivity contribution in [1.82, 2.24) is 0 Å². The second-order valence-corrected chi connectivity index (χ2v) is 17.5. The van der Waals surface area contributed by atoms with Crippen molar-refractivity contribution in [2.75, 3.05) is 0 Å². The third kappa shape index (κ3) is 4.61. The van der Waals surface area contributed by atoms with Crippen molar-refractivity contribution in [1.29, 1.82) is 0 Å². The van der Waals surface area contributed by atoms with Crippen LogP contribution in [-0.2, 0) is 13.2 Å². The topological polar surface area (TPSA) is 18.5 Å². The molecular weight excluding hydrogens is 529 g/mol. The zero-order valence-electron chi connectivity index (χ0n) is 15.3. The molecule has 2 heterocycles. The average molecular weight is 543 g/mol. The first kappa shape index (κ1) is 20.9. The third-order valence-electron chi connectivity index (χ3n) is 4.21. The Morgan fingerprint density at radius 3 is 1.30 bits per heavy atom. The summed E-state index contributed by atoms with van der Waals surface area (Å²) in [6.07, 6.45) is 0. The molecule has 0 radical (unpaired) electrons.